The Labute approximate surface area is 122 Å². The van der Waals surface area contributed by atoms with Crippen molar-refractivity contribution in [2.24, 2.45) is 0 Å². The second-order valence-corrected chi connectivity index (χ2v) is 4.92. The predicted octanol–water partition coefficient (Wildman–Crippen LogP) is 4.22. The molecule has 0 atom stereocenters. The highest BCUT2D eigenvalue weighted by Gasteiger charge is 2.17. The molecule has 2 rings (SSSR count). The van der Waals surface area contributed by atoms with Gasteiger partial charge in [-0.3, -0.25) is 4.79 Å². The number of halogens is 2. The van der Waals surface area contributed by atoms with E-state index in [-0.39, 0.29) is 22.8 Å². The van der Waals surface area contributed by atoms with Gasteiger partial charge in [0.15, 0.2) is 5.78 Å². The standard InChI is InChI=1S/C16H14ClFO2/c1-10-6-7-15(20-2)11(8-10)9-14(19)16-12(17)4-3-5-13(16)18/h3-8H,9H2,1-2H3. The van der Waals surface area contributed by atoms with Gasteiger partial charge >= 0.3 is 0 Å². The fourth-order valence-corrected chi connectivity index (χ4v) is 2.34. The average Bonchev–Trinajstić information content (AvgIpc) is 2.38. The number of Topliss-reactive ketones (excluding diaryl/α,β-unsaturated/α-hetero) is 1. The molecule has 0 spiro atoms. The normalized spacial score (nSPS) is 10.4. The summed E-state index contributed by atoms with van der Waals surface area (Å²) in [5, 5.41) is 0.126. The molecule has 0 amide bonds. The Kier molecular flexibility index (Phi) is 4.40. The maximum Gasteiger partial charge on any atom is 0.171 e. The highest BCUT2D eigenvalue weighted by Crippen LogP contribution is 2.25. The van der Waals surface area contributed by atoms with Crippen molar-refractivity contribution in [3.8, 4) is 5.75 Å². The second kappa shape index (κ2) is 6.06. The van der Waals surface area contributed by atoms with Crippen molar-refractivity contribution >= 4 is 17.4 Å². The summed E-state index contributed by atoms with van der Waals surface area (Å²) in [6, 6.07) is 9.74. The first-order valence-corrected chi connectivity index (χ1v) is 6.51. The third kappa shape index (κ3) is 2.99. The third-order valence-electron chi connectivity index (χ3n) is 3.03. The molecule has 0 radical (unpaired) electrons. The van der Waals surface area contributed by atoms with Crippen LogP contribution in [-0.4, -0.2) is 12.9 Å². The number of aryl methyl sites for hydroxylation is 1. The number of methoxy groups -OCH3 is 1. The van der Waals surface area contributed by atoms with Gasteiger partial charge < -0.3 is 4.74 Å². The van der Waals surface area contributed by atoms with Crippen LogP contribution in [0.3, 0.4) is 0 Å². The van der Waals surface area contributed by atoms with E-state index in [1.54, 1.807) is 6.07 Å². The number of benzene rings is 2. The van der Waals surface area contributed by atoms with Crippen LogP contribution in [-0.2, 0) is 6.42 Å². The topological polar surface area (TPSA) is 26.3 Å². The van der Waals surface area contributed by atoms with Crippen LogP contribution < -0.4 is 4.74 Å². The lowest BCUT2D eigenvalue weighted by Crippen LogP contribution is -2.08. The quantitative estimate of drug-likeness (QED) is 0.789. The zero-order valence-electron chi connectivity index (χ0n) is 11.2. The zero-order chi connectivity index (χ0) is 14.7. The molecule has 104 valence electrons. The molecule has 2 aromatic carbocycles. The lowest BCUT2D eigenvalue weighted by Gasteiger charge is -2.10. The Balaban J connectivity index is 2.35. The molecule has 2 aromatic rings. The first-order valence-electron chi connectivity index (χ1n) is 6.13. The molecular weight excluding hydrogens is 279 g/mol. The van der Waals surface area contributed by atoms with Gasteiger partial charge in [-0.1, -0.05) is 35.4 Å². The Bertz CT molecular complexity index is 633. The maximum absolute atomic E-state index is 13.7. The predicted molar refractivity (Wildman–Crippen MR) is 77.2 cm³/mol. The second-order valence-electron chi connectivity index (χ2n) is 4.51. The smallest absolute Gasteiger partial charge is 0.171 e. The summed E-state index contributed by atoms with van der Waals surface area (Å²) in [7, 11) is 1.54. The van der Waals surface area contributed by atoms with Crippen molar-refractivity contribution in [1.82, 2.24) is 0 Å². The van der Waals surface area contributed by atoms with Crippen molar-refractivity contribution in [2.75, 3.05) is 7.11 Å². The van der Waals surface area contributed by atoms with Crippen LogP contribution in [0.5, 0.6) is 5.75 Å². The van der Waals surface area contributed by atoms with Crippen LogP contribution in [0, 0.1) is 12.7 Å². The fourth-order valence-electron chi connectivity index (χ4n) is 2.07. The van der Waals surface area contributed by atoms with Gasteiger partial charge in [-0.25, -0.2) is 4.39 Å². The first kappa shape index (κ1) is 14.5. The van der Waals surface area contributed by atoms with Crippen LogP contribution >= 0.6 is 11.6 Å². The molecule has 0 aliphatic rings. The van der Waals surface area contributed by atoms with Crippen LogP contribution in [0.15, 0.2) is 36.4 Å². The molecular formula is C16H14ClFO2. The Morgan fingerprint density at radius 1 is 1.30 bits per heavy atom. The number of hydrogen-bond donors (Lipinski definition) is 0. The summed E-state index contributed by atoms with van der Waals surface area (Å²) in [5.41, 5.74) is 1.66. The molecule has 4 heteroatoms. The lowest BCUT2D eigenvalue weighted by atomic mass is 10.0. The number of carbonyl (C=O) groups excluding carboxylic acids is 1. The summed E-state index contributed by atoms with van der Waals surface area (Å²) in [5.74, 6) is -0.359. The van der Waals surface area contributed by atoms with Crippen LogP contribution in [0.4, 0.5) is 4.39 Å². The largest absolute Gasteiger partial charge is 0.496 e. The molecule has 20 heavy (non-hydrogen) atoms. The number of carbonyl (C=O) groups is 1. The van der Waals surface area contributed by atoms with Gasteiger partial charge in [0.2, 0.25) is 0 Å². The van der Waals surface area contributed by atoms with Crippen LogP contribution in [0.25, 0.3) is 0 Å². The Morgan fingerprint density at radius 2 is 2.05 bits per heavy atom. The summed E-state index contributed by atoms with van der Waals surface area (Å²) in [6.07, 6.45) is 0.0471. The van der Waals surface area contributed by atoms with E-state index < -0.39 is 5.82 Å². The zero-order valence-corrected chi connectivity index (χ0v) is 12.0. The lowest BCUT2D eigenvalue weighted by molar-refractivity contribution is 0.0988. The Hall–Kier alpha value is -1.87. The molecule has 0 unspecified atom stereocenters. The van der Waals surface area contributed by atoms with E-state index in [0.29, 0.717) is 5.75 Å². The molecule has 0 aromatic heterocycles. The summed E-state index contributed by atoms with van der Waals surface area (Å²) in [6.45, 7) is 1.92. The minimum absolute atomic E-state index is 0.0471. The molecule has 0 aliphatic heterocycles. The van der Waals surface area contributed by atoms with E-state index in [1.165, 1.54) is 25.3 Å². The number of ether oxygens (including phenoxy) is 1. The molecule has 0 heterocycles. The van der Waals surface area contributed by atoms with Gasteiger partial charge in [0.1, 0.15) is 11.6 Å². The number of hydrogen-bond acceptors (Lipinski definition) is 2. The summed E-state index contributed by atoms with van der Waals surface area (Å²) in [4.78, 5) is 12.3. The van der Waals surface area contributed by atoms with Crippen LogP contribution in [0.2, 0.25) is 5.02 Å². The molecule has 0 saturated heterocycles. The van der Waals surface area contributed by atoms with Gasteiger partial charge in [0.25, 0.3) is 0 Å². The van der Waals surface area contributed by atoms with Gasteiger partial charge in [-0.2, -0.15) is 0 Å². The van der Waals surface area contributed by atoms with E-state index in [0.717, 1.165) is 11.1 Å². The highest BCUT2D eigenvalue weighted by molar-refractivity contribution is 6.34. The minimum atomic E-state index is -0.603. The van der Waals surface area contributed by atoms with Gasteiger partial charge in [0.05, 0.1) is 17.7 Å². The fraction of sp³-hybridized carbons (Fsp3) is 0.188. The monoisotopic (exact) mass is 292 g/mol. The molecule has 0 aliphatic carbocycles. The van der Waals surface area contributed by atoms with Crippen molar-refractivity contribution in [3.05, 3.63) is 63.9 Å². The average molecular weight is 293 g/mol. The van der Waals surface area contributed by atoms with Crippen molar-refractivity contribution in [1.29, 1.82) is 0 Å². The van der Waals surface area contributed by atoms with Crippen molar-refractivity contribution in [2.45, 2.75) is 13.3 Å². The van der Waals surface area contributed by atoms with Crippen molar-refractivity contribution in [3.63, 3.8) is 0 Å². The first-order chi connectivity index (χ1) is 9.52. The van der Waals surface area contributed by atoms with E-state index in [1.807, 2.05) is 19.1 Å². The number of ketones is 1. The van der Waals surface area contributed by atoms with Gasteiger partial charge in [-0.15, -0.1) is 0 Å². The molecule has 0 N–H and O–H groups in total. The van der Waals surface area contributed by atoms with E-state index in [9.17, 15) is 9.18 Å². The third-order valence-corrected chi connectivity index (χ3v) is 3.34. The van der Waals surface area contributed by atoms with E-state index in [4.69, 9.17) is 16.3 Å². The van der Waals surface area contributed by atoms with Gasteiger partial charge in [0, 0.05) is 12.0 Å². The van der Waals surface area contributed by atoms with E-state index >= 15 is 0 Å². The van der Waals surface area contributed by atoms with Crippen molar-refractivity contribution < 1.29 is 13.9 Å². The SMILES string of the molecule is COc1ccc(C)cc1CC(=O)c1c(F)cccc1Cl. The minimum Gasteiger partial charge on any atom is -0.496 e. The maximum atomic E-state index is 13.7. The Morgan fingerprint density at radius 3 is 2.70 bits per heavy atom. The molecule has 2 nitrogen and oxygen atoms in total. The molecule has 0 fully saturated rings. The summed E-state index contributed by atoms with van der Waals surface area (Å²) < 4.78 is 18.9. The number of rotatable bonds is 4. The van der Waals surface area contributed by atoms with E-state index in [2.05, 4.69) is 0 Å². The highest BCUT2D eigenvalue weighted by atomic mass is 35.5. The summed E-state index contributed by atoms with van der Waals surface area (Å²) >= 11 is 5.90. The molecule has 0 bridgehead atoms. The van der Waals surface area contributed by atoms with Crippen LogP contribution in [0.1, 0.15) is 21.5 Å². The molecule has 0 saturated carbocycles. The van der Waals surface area contributed by atoms with Gasteiger partial charge in [-0.05, 0) is 25.1 Å².